The second-order valence-electron chi connectivity index (χ2n) is 13.1. The molecule has 15 nitrogen and oxygen atoms in total. The summed E-state index contributed by atoms with van der Waals surface area (Å²) in [4.78, 5) is 57.5. The number of hydrogen-bond donors (Lipinski definition) is 2. The summed E-state index contributed by atoms with van der Waals surface area (Å²) in [7, 11) is 0. The largest absolute Gasteiger partial charge is 0.504 e. The van der Waals surface area contributed by atoms with Crippen LogP contribution >= 0.6 is 0 Å². The van der Waals surface area contributed by atoms with E-state index < -0.39 is 29.1 Å². The first-order chi connectivity index (χ1) is 25.9. The zero-order valence-electron chi connectivity index (χ0n) is 29.2. The maximum Gasteiger partial charge on any atom is 0.416 e. The number of nitrogens with one attached hydrogen (secondary N) is 1. The molecule has 0 spiro atoms. The first kappa shape index (κ1) is 34.9. The van der Waals surface area contributed by atoms with Crippen LogP contribution in [-0.2, 0) is 36.8 Å². The van der Waals surface area contributed by atoms with E-state index in [9.17, 15) is 32.7 Å². The van der Waals surface area contributed by atoms with Crippen LogP contribution in [0.4, 0.5) is 24.5 Å². The molecule has 1 aliphatic carbocycles. The Morgan fingerprint density at radius 3 is 2.48 bits per heavy atom. The van der Waals surface area contributed by atoms with E-state index in [1.165, 1.54) is 17.3 Å². The molecule has 3 aliphatic rings. The first-order valence-corrected chi connectivity index (χ1v) is 17.4. The van der Waals surface area contributed by atoms with Crippen LogP contribution in [0.2, 0.25) is 0 Å². The third-order valence-corrected chi connectivity index (χ3v) is 10.00. The number of carbonyl (C=O) groups is 2. The number of amides is 2. The van der Waals surface area contributed by atoms with Crippen LogP contribution in [0.15, 0.2) is 41.5 Å². The van der Waals surface area contributed by atoms with E-state index in [1.54, 1.807) is 29.7 Å². The highest BCUT2D eigenvalue weighted by atomic mass is 19.4. The number of fused-ring (bicyclic) bond motifs is 3. The van der Waals surface area contributed by atoms with Crippen molar-refractivity contribution in [3.05, 3.63) is 80.8 Å². The molecule has 0 unspecified atom stereocenters. The number of rotatable bonds is 7. The molecule has 5 heterocycles. The number of ether oxygens (including phenoxy) is 2. The van der Waals surface area contributed by atoms with Gasteiger partial charge in [-0.3, -0.25) is 14.4 Å². The Morgan fingerprint density at radius 2 is 1.76 bits per heavy atom. The van der Waals surface area contributed by atoms with Crippen molar-refractivity contribution >= 4 is 29.0 Å². The minimum absolute atomic E-state index is 0.0731. The van der Waals surface area contributed by atoms with E-state index in [0.29, 0.717) is 53.6 Å². The Kier molecular flexibility index (Phi) is 8.61. The van der Waals surface area contributed by atoms with Gasteiger partial charge in [-0.05, 0) is 61.6 Å². The summed E-state index contributed by atoms with van der Waals surface area (Å²) < 4.78 is 55.2. The predicted molar refractivity (Wildman–Crippen MR) is 187 cm³/mol. The summed E-state index contributed by atoms with van der Waals surface area (Å²) in [5.41, 5.74) is 1.07. The zero-order valence-corrected chi connectivity index (χ0v) is 29.2. The van der Waals surface area contributed by atoms with Gasteiger partial charge in [0.1, 0.15) is 31.8 Å². The molecule has 2 aromatic carbocycles. The zero-order chi connectivity index (χ0) is 37.9. The van der Waals surface area contributed by atoms with Gasteiger partial charge in [0.2, 0.25) is 11.7 Å². The molecule has 0 saturated carbocycles. The normalized spacial score (nSPS) is 15.2. The summed E-state index contributed by atoms with van der Waals surface area (Å²) in [6.07, 6.45) is -2.35. The fourth-order valence-corrected chi connectivity index (χ4v) is 7.25. The smallest absolute Gasteiger partial charge is 0.416 e. The number of benzene rings is 2. The van der Waals surface area contributed by atoms with Crippen molar-refractivity contribution < 1.29 is 37.3 Å². The second kappa shape index (κ2) is 13.3. The summed E-state index contributed by atoms with van der Waals surface area (Å²) in [5, 5.41) is 17.8. The van der Waals surface area contributed by atoms with Gasteiger partial charge in [-0.15, -0.1) is 5.10 Å². The van der Waals surface area contributed by atoms with Gasteiger partial charge < -0.3 is 34.3 Å². The highest BCUT2D eigenvalue weighted by molar-refractivity contribution is 5.95. The van der Waals surface area contributed by atoms with Crippen LogP contribution in [-0.4, -0.2) is 90.3 Å². The molecule has 0 bridgehead atoms. The van der Waals surface area contributed by atoms with Gasteiger partial charge in [-0.2, -0.15) is 22.7 Å². The number of aryl methyl sites for hydroxylation is 1. The number of aromatic hydroxyl groups is 1. The van der Waals surface area contributed by atoms with Crippen molar-refractivity contribution in [2.24, 2.45) is 0 Å². The lowest BCUT2D eigenvalue weighted by molar-refractivity contribution is -0.138. The fraction of sp³-hybridized carbons (Fsp3) is 0.361. The molecule has 8 rings (SSSR count). The molecule has 0 atom stereocenters. The van der Waals surface area contributed by atoms with Gasteiger partial charge in [0.15, 0.2) is 28.8 Å². The molecule has 1 fully saturated rings. The highest BCUT2D eigenvalue weighted by Gasteiger charge is 2.37. The highest BCUT2D eigenvalue weighted by Crippen LogP contribution is 2.42. The van der Waals surface area contributed by atoms with Crippen molar-refractivity contribution in [1.29, 1.82) is 0 Å². The van der Waals surface area contributed by atoms with E-state index in [-0.39, 0.29) is 85.6 Å². The Hall–Kier alpha value is -6.20. The maximum atomic E-state index is 14.4. The number of piperazine rings is 1. The van der Waals surface area contributed by atoms with E-state index in [1.807, 2.05) is 11.8 Å². The minimum Gasteiger partial charge on any atom is -0.504 e. The van der Waals surface area contributed by atoms with Crippen LogP contribution in [0.1, 0.15) is 45.5 Å². The van der Waals surface area contributed by atoms with Gasteiger partial charge in [0.25, 0.3) is 11.5 Å². The summed E-state index contributed by atoms with van der Waals surface area (Å²) in [6, 6.07) is 7.49. The third kappa shape index (κ3) is 5.90. The SMILES string of the molecule is CCc1c(N2CCN(C(=O)c3ncnc(C)c3O)CC2)c(=O)n2nc(-c3cccc4c3OCCO4)nc2n1CC(=O)Nc1ccc(C(F)(F)F)c2c1CC2. The Bertz CT molecular complexity index is 2400. The average molecular weight is 746 g/mol. The van der Waals surface area contributed by atoms with Gasteiger partial charge in [-0.25, -0.2) is 9.97 Å². The molecule has 5 aromatic rings. The van der Waals surface area contributed by atoms with E-state index >= 15 is 0 Å². The number of para-hydroxylation sites is 1. The van der Waals surface area contributed by atoms with E-state index in [0.717, 1.165) is 10.6 Å². The number of aromatic nitrogens is 6. The molecule has 2 aliphatic heterocycles. The monoisotopic (exact) mass is 745 g/mol. The molecule has 3 aromatic heterocycles. The van der Waals surface area contributed by atoms with Crippen molar-refractivity contribution in [2.75, 3.05) is 49.6 Å². The lowest BCUT2D eigenvalue weighted by Crippen LogP contribution is -2.51. The number of halogens is 3. The standard InChI is InChI=1S/C36H34F3N9O6/c1-3-25-29(45-11-13-46(14-12-45)33(51)28-30(50)19(2)40-18-41-28)34(52)48-35(43-32(44-48)22-5-4-6-26-31(22)54-16-15-53-26)47(25)17-27(49)42-24-10-9-23(36(37,38)39)20-7-8-21(20)24/h4-6,9-10,18,50H,3,7-8,11-17H2,1-2H3,(H,42,49). The molecule has 54 heavy (non-hydrogen) atoms. The summed E-state index contributed by atoms with van der Waals surface area (Å²) in [5.74, 6) is -0.175. The number of anilines is 2. The van der Waals surface area contributed by atoms with Crippen LogP contribution in [0.25, 0.3) is 17.2 Å². The van der Waals surface area contributed by atoms with Gasteiger partial charge in [-0.1, -0.05) is 13.0 Å². The Morgan fingerprint density at radius 1 is 1.00 bits per heavy atom. The molecule has 2 amide bonds. The van der Waals surface area contributed by atoms with Gasteiger partial charge in [0, 0.05) is 31.9 Å². The Balaban J connectivity index is 1.17. The van der Waals surface area contributed by atoms with Crippen LogP contribution < -0.4 is 25.2 Å². The van der Waals surface area contributed by atoms with Crippen LogP contribution in [0.3, 0.4) is 0 Å². The molecule has 0 radical (unpaired) electrons. The lowest BCUT2D eigenvalue weighted by atomic mass is 9.83. The van der Waals surface area contributed by atoms with Gasteiger partial charge >= 0.3 is 6.18 Å². The van der Waals surface area contributed by atoms with Crippen molar-refractivity contribution in [1.82, 2.24) is 34.0 Å². The van der Waals surface area contributed by atoms with E-state index in [2.05, 4.69) is 20.4 Å². The molecule has 1 saturated heterocycles. The van der Waals surface area contributed by atoms with Gasteiger partial charge in [0.05, 0.1) is 22.5 Å². The molecular formula is C36H34F3N9O6. The average Bonchev–Trinajstić information content (AvgIpc) is 3.59. The lowest BCUT2D eigenvalue weighted by Gasteiger charge is -2.36. The third-order valence-electron chi connectivity index (χ3n) is 10.00. The minimum atomic E-state index is -4.50. The van der Waals surface area contributed by atoms with Crippen LogP contribution in [0, 0.1) is 6.92 Å². The van der Waals surface area contributed by atoms with Crippen LogP contribution in [0.5, 0.6) is 17.2 Å². The van der Waals surface area contributed by atoms with E-state index in [4.69, 9.17) is 14.5 Å². The van der Waals surface area contributed by atoms with Crippen molar-refractivity contribution in [3.63, 3.8) is 0 Å². The quantitative estimate of drug-likeness (QED) is 0.251. The summed E-state index contributed by atoms with van der Waals surface area (Å²) >= 11 is 0. The molecular weight excluding hydrogens is 711 g/mol. The maximum absolute atomic E-state index is 14.4. The summed E-state index contributed by atoms with van der Waals surface area (Å²) in [6.45, 7) is 4.56. The number of alkyl halides is 3. The topological polar surface area (TPSA) is 169 Å². The molecule has 2 N–H and O–H groups in total. The number of carbonyl (C=O) groups excluding carboxylic acids is 2. The number of nitrogens with zero attached hydrogens (tertiary/aromatic N) is 8. The van der Waals surface area contributed by atoms with Crippen molar-refractivity contribution in [3.8, 4) is 28.6 Å². The first-order valence-electron chi connectivity index (χ1n) is 17.4. The predicted octanol–water partition coefficient (Wildman–Crippen LogP) is 3.41. The number of hydrogen-bond acceptors (Lipinski definition) is 11. The Labute approximate surface area is 305 Å². The second-order valence-corrected chi connectivity index (χ2v) is 13.1. The molecule has 18 heteroatoms. The molecule has 280 valence electrons. The fourth-order valence-electron chi connectivity index (χ4n) is 7.25. The van der Waals surface area contributed by atoms with Crippen molar-refractivity contribution in [2.45, 2.75) is 45.8 Å².